The van der Waals surface area contributed by atoms with Gasteiger partial charge in [-0.1, -0.05) is 170 Å². The summed E-state index contributed by atoms with van der Waals surface area (Å²) in [7, 11) is 0. The number of hydrogen-bond donors (Lipinski definition) is 0. The van der Waals surface area contributed by atoms with Gasteiger partial charge in [-0.3, -0.25) is 0 Å². The molecule has 0 fully saturated rings. The van der Waals surface area contributed by atoms with E-state index in [2.05, 4.69) is 349 Å². The maximum atomic E-state index is 2.41. The standard InChI is InChI=1S/C74H58N4/c1-55-51-65(75(57-27-11-3-12-28-57)58-29-13-4-14-30-58)43-47-69(55)71-49-45-67(77(61-35-19-7-20-36-61)62-37-21-8-22-38-62)53-73(71)74-54-68(78(63-39-23-9-24-40-63)64-41-25-10-26-42-64)46-50-72(74)70-48-44-66(52-56(70)2)76(59-31-15-5-16-32-59)60-33-17-6-18-34-60/h3-54H,1-2H3. The molecule has 0 spiro atoms. The van der Waals surface area contributed by atoms with E-state index < -0.39 is 0 Å². The minimum atomic E-state index is 1.05. The molecule has 0 aliphatic carbocycles. The molecule has 374 valence electrons. The number of nitrogens with zero attached hydrogens (tertiary/aromatic N) is 4. The van der Waals surface area contributed by atoms with Crippen molar-refractivity contribution in [3.05, 3.63) is 327 Å². The predicted octanol–water partition coefficient (Wildman–Crippen LogP) is 21.2. The maximum Gasteiger partial charge on any atom is 0.0468 e. The smallest absolute Gasteiger partial charge is 0.0468 e. The summed E-state index contributed by atoms with van der Waals surface area (Å²) in [4.78, 5) is 9.41. The maximum absolute atomic E-state index is 2.41. The third-order valence-electron chi connectivity index (χ3n) is 14.4. The number of para-hydroxylation sites is 8. The van der Waals surface area contributed by atoms with Gasteiger partial charge in [0.15, 0.2) is 0 Å². The Bertz CT molecular complexity index is 3490. The molecule has 12 aromatic carbocycles. The van der Waals surface area contributed by atoms with Crippen LogP contribution in [0.15, 0.2) is 315 Å². The molecule has 0 heterocycles. The molecule has 4 nitrogen and oxygen atoms in total. The van der Waals surface area contributed by atoms with Crippen molar-refractivity contribution in [2.75, 3.05) is 19.6 Å². The zero-order chi connectivity index (χ0) is 52.6. The fraction of sp³-hybridized carbons (Fsp3) is 0.0270. The number of anilines is 12. The van der Waals surface area contributed by atoms with Gasteiger partial charge in [-0.2, -0.15) is 0 Å². The molecule has 78 heavy (non-hydrogen) atoms. The molecule has 0 bridgehead atoms. The summed E-state index contributed by atoms with van der Waals surface area (Å²) < 4.78 is 0. The van der Waals surface area contributed by atoms with Crippen molar-refractivity contribution < 1.29 is 0 Å². The molecule has 0 saturated heterocycles. The molecular weight excluding hydrogens is 945 g/mol. The lowest BCUT2D eigenvalue weighted by Gasteiger charge is -2.29. The van der Waals surface area contributed by atoms with Gasteiger partial charge in [0.25, 0.3) is 0 Å². The summed E-state index contributed by atoms with van der Waals surface area (Å²) >= 11 is 0. The molecule has 0 N–H and O–H groups in total. The van der Waals surface area contributed by atoms with Gasteiger partial charge in [0, 0.05) is 68.2 Å². The van der Waals surface area contributed by atoms with Crippen LogP contribution in [0.25, 0.3) is 33.4 Å². The summed E-state index contributed by atoms with van der Waals surface area (Å²) in [5.74, 6) is 0. The monoisotopic (exact) mass is 1000 g/mol. The highest BCUT2D eigenvalue weighted by Crippen LogP contribution is 2.49. The Labute approximate surface area is 459 Å². The molecule has 4 heteroatoms. The molecule has 0 amide bonds. The average Bonchev–Trinajstić information content (AvgIpc) is 3.61. The van der Waals surface area contributed by atoms with Crippen LogP contribution in [0.2, 0.25) is 0 Å². The summed E-state index contributed by atoms with van der Waals surface area (Å²) in [6, 6.07) is 113. The second-order valence-corrected chi connectivity index (χ2v) is 19.5. The summed E-state index contributed by atoms with van der Waals surface area (Å²) in [6.07, 6.45) is 0. The number of benzene rings is 12. The Balaban J connectivity index is 1.11. The van der Waals surface area contributed by atoms with Crippen LogP contribution in [0.5, 0.6) is 0 Å². The van der Waals surface area contributed by atoms with Gasteiger partial charge < -0.3 is 19.6 Å². The van der Waals surface area contributed by atoms with E-state index in [0.29, 0.717) is 0 Å². The van der Waals surface area contributed by atoms with Crippen molar-refractivity contribution in [1.82, 2.24) is 0 Å². The minimum absolute atomic E-state index is 1.05. The molecule has 12 rings (SSSR count). The average molecular weight is 1000 g/mol. The molecule has 0 atom stereocenters. The van der Waals surface area contributed by atoms with Crippen molar-refractivity contribution in [1.29, 1.82) is 0 Å². The number of aryl methyl sites for hydroxylation is 2. The molecule has 0 saturated carbocycles. The van der Waals surface area contributed by atoms with Crippen LogP contribution in [-0.2, 0) is 0 Å². The lowest BCUT2D eigenvalue weighted by molar-refractivity contribution is 1.26. The Morgan fingerprint density at radius 3 is 0.526 bits per heavy atom. The van der Waals surface area contributed by atoms with Gasteiger partial charge in [-0.05, 0) is 204 Å². The van der Waals surface area contributed by atoms with E-state index in [9.17, 15) is 0 Å². The first-order chi connectivity index (χ1) is 38.6. The predicted molar refractivity (Wildman–Crippen MR) is 331 cm³/mol. The van der Waals surface area contributed by atoms with Crippen LogP contribution in [0.3, 0.4) is 0 Å². The fourth-order valence-corrected chi connectivity index (χ4v) is 10.8. The first kappa shape index (κ1) is 48.8. The van der Waals surface area contributed by atoms with Crippen LogP contribution >= 0.6 is 0 Å². The lowest BCUT2D eigenvalue weighted by atomic mass is 9.86. The lowest BCUT2D eigenvalue weighted by Crippen LogP contribution is -2.11. The van der Waals surface area contributed by atoms with Crippen LogP contribution in [-0.4, -0.2) is 0 Å². The van der Waals surface area contributed by atoms with Gasteiger partial charge in [0.05, 0.1) is 0 Å². The van der Waals surface area contributed by atoms with Crippen molar-refractivity contribution >= 4 is 68.2 Å². The third-order valence-corrected chi connectivity index (χ3v) is 14.4. The van der Waals surface area contributed by atoms with E-state index >= 15 is 0 Å². The first-order valence-corrected chi connectivity index (χ1v) is 26.7. The Morgan fingerprint density at radius 1 is 0.154 bits per heavy atom. The highest BCUT2D eigenvalue weighted by Gasteiger charge is 2.24. The Hall–Kier alpha value is -10.2. The molecular formula is C74H58N4. The van der Waals surface area contributed by atoms with Crippen LogP contribution in [0, 0.1) is 13.8 Å². The van der Waals surface area contributed by atoms with Gasteiger partial charge in [-0.25, -0.2) is 0 Å². The normalized spacial score (nSPS) is 10.9. The Kier molecular flexibility index (Phi) is 14.0. The topological polar surface area (TPSA) is 13.0 Å². The molecule has 0 aliphatic rings. The van der Waals surface area contributed by atoms with Crippen molar-refractivity contribution in [2.45, 2.75) is 13.8 Å². The fourth-order valence-electron chi connectivity index (χ4n) is 10.8. The van der Waals surface area contributed by atoms with E-state index in [4.69, 9.17) is 0 Å². The zero-order valence-electron chi connectivity index (χ0n) is 43.8. The van der Waals surface area contributed by atoms with Crippen LogP contribution < -0.4 is 19.6 Å². The van der Waals surface area contributed by atoms with Gasteiger partial charge in [0.2, 0.25) is 0 Å². The van der Waals surface area contributed by atoms with E-state index in [0.717, 1.165) is 113 Å². The Morgan fingerprint density at radius 2 is 0.333 bits per heavy atom. The second-order valence-electron chi connectivity index (χ2n) is 19.5. The first-order valence-electron chi connectivity index (χ1n) is 26.7. The van der Waals surface area contributed by atoms with E-state index in [1.807, 2.05) is 0 Å². The third kappa shape index (κ3) is 10.1. The van der Waals surface area contributed by atoms with Crippen molar-refractivity contribution in [3.8, 4) is 33.4 Å². The van der Waals surface area contributed by atoms with Crippen molar-refractivity contribution in [3.63, 3.8) is 0 Å². The van der Waals surface area contributed by atoms with Crippen LogP contribution in [0.1, 0.15) is 11.1 Å². The summed E-state index contributed by atoms with van der Waals surface area (Å²) in [5, 5.41) is 0. The van der Waals surface area contributed by atoms with Gasteiger partial charge >= 0.3 is 0 Å². The quantitative estimate of drug-likeness (QED) is 0.101. The molecule has 0 unspecified atom stereocenters. The highest BCUT2D eigenvalue weighted by atomic mass is 15.2. The molecule has 0 aliphatic heterocycles. The van der Waals surface area contributed by atoms with Crippen LogP contribution in [0.4, 0.5) is 68.2 Å². The second kappa shape index (κ2) is 22.4. The summed E-state index contributed by atoms with van der Waals surface area (Å²) in [6.45, 7) is 4.51. The molecule has 12 aromatic rings. The largest absolute Gasteiger partial charge is 0.310 e. The summed E-state index contributed by atoms with van der Waals surface area (Å²) in [5.41, 5.74) is 22.1. The SMILES string of the molecule is Cc1cc(N(c2ccccc2)c2ccccc2)ccc1-c1ccc(N(c2ccccc2)c2ccccc2)cc1-c1cc(N(c2ccccc2)c2ccccc2)ccc1-c1ccc(N(c2ccccc2)c2ccccc2)cc1C. The highest BCUT2D eigenvalue weighted by molar-refractivity contribution is 5.98. The van der Waals surface area contributed by atoms with Crippen molar-refractivity contribution in [2.24, 2.45) is 0 Å². The van der Waals surface area contributed by atoms with E-state index in [1.54, 1.807) is 0 Å². The van der Waals surface area contributed by atoms with Gasteiger partial charge in [0.1, 0.15) is 0 Å². The van der Waals surface area contributed by atoms with E-state index in [1.165, 1.54) is 0 Å². The minimum Gasteiger partial charge on any atom is -0.310 e. The number of hydrogen-bond acceptors (Lipinski definition) is 4. The number of rotatable bonds is 15. The zero-order valence-corrected chi connectivity index (χ0v) is 43.8. The van der Waals surface area contributed by atoms with E-state index in [-0.39, 0.29) is 0 Å². The molecule has 0 radical (unpaired) electrons. The van der Waals surface area contributed by atoms with Gasteiger partial charge in [-0.15, -0.1) is 0 Å². The molecule has 0 aromatic heterocycles.